The minimum Gasteiger partial charge on any atom is -0.330 e. The predicted octanol–water partition coefficient (Wildman–Crippen LogP) is 3.43. The Balaban J connectivity index is 2.91. The monoisotopic (exact) mass is 262 g/mol. The van der Waals surface area contributed by atoms with E-state index in [1.165, 1.54) is 5.56 Å². The Morgan fingerprint density at radius 1 is 1.37 bits per heavy atom. The van der Waals surface area contributed by atoms with E-state index in [0.717, 1.165) is 11.3 Å². The number of amides is 1. The van der Waals surface area contributed by atoms with Gasteiger partial charge in [-0.1, -0.05) is 45.9 Å². The van der Waals surface area contributed by atoms with Crippen LogP contribution >= 0.6 is 0 Å². The van der Waals surface area contributed by atoms with E-state index >= 15 is 0 Å². The summed E-state index contributed by atoms with van der Waals surface area (Å²) in [7, 11) is 0. The van der Waals surface area contributed by atoms with Crippen LogP contribution in [-0.2, 0) is 4.79 Å². The zero-order chi connectivity index (χ0) is 14.6. The molecule has 3 N–H and O–H groups in total. The van der Waals surface area contributed by atoms with Crippen molar-refractivity contribution in [3.05, 3.63) is 29.3 Å². The Morgan fingerprint density at radius 3 is 2.53 bits per heavy atom. The van der Waals surface area contributed by atoms with Crippen LogP contribution in [0.2, 0.25) is 0 Å². The number of hydrogen-bond acceptors (Lipinski definition) is 2. The van der Waals surface area contributed by atoms with Crippen LogP contribution in [0.15, 0.2) is 18.2 Å². The van der Waals surface area contributed by atoms with Crippen LogP contribution in [0, 0.1) is 12.3 Å². The van der Waals surface area contributed by atoms with Gasteiger partial charge in [0.05, 0.1) is 0 Å². The van der Waals surface area contributed by atoms with Crippen molar-refractivity contribution >= 4 is 11.6 Å². The number of nitrogens with two attached hydrogens (primary N) is 1. The van der Waals surface area contributed by atoms with Crippen LogP contribution in [0.5, 0.6) is 0 Å². The summed E-state index contributed by atoms with van der Waals surface area (Å²) in [5.41, 5.74) is 8.75. The smallest absolute Gasteiger partial charge is 0.224 e. The molecular formula is C16H26N2O. The minimum atomic E-state index is -0.162. The van der Waals surface area contributed by atoms with Crippen LogP contribution in [-0.4, -0.2) is 12.5 Å². The van der Waals surface area contributed by atoms with Gasteiger partial charge in [-0.3, -0.25) is 4.79 Å². The highest BCUT2D eigenvalue weighted by molar-refractivity contribution is 5.92. The van der Waals surface area contributed by atoms with Gasteiger partial charge in [-0.25, -0.2) is 0 Å². The van der Waals surface area contributed by atoms with Gasteiger partial charge in [0.1, 0.15) is 0 Å². The number of rotatable bonds is 5. The molecule has 0 unspecified atom stereocenters. The van der Waals surface area contributed by atoms with Crippen molar-refractivity contribution in [3.8, 4) is 0 Å². The van der Waals surface area contributed by atoms with Gasteiger partial charge in [0, 0.05) is 12.1 Å². The van der Waals surface area contributed by atoms with Gasteiger partial charge in [-0.05, 0) is 35.9 Å². The molecule has 1 aromatic carbocycles. The van der Waals surface area contributed by atoms with E-state index in [1.807, 2.05) is 32.9 Å². The van der Waals surface area contributed by atoms with Gasteiger partial charge in [-0.15, -0.1) is 0 Å². The van der Waals surface area contributed by atoms with Crippen molar-refractivity contribution in [2.75, 3.05) is 11.9 Å². The Bertz CT molecular complexity index is 450. The summed E-state index contributed by atoms with van der Waals surface area (Å²) in [5, 5.41) is 3.06. The minimum absolute atomic E-state index is 0.0339. The van der Waals surface area contributed by atoms with Crippen molar-refractivity contribution in [2.24, 2.45) is 11.1 Å². The Kier molecular flexibility index (Phi) is 5.12. The first-order chi connectivity index (χ1) is 8.76. The molecule has 0 saturated carbocycles. The number of anilines is 1. The average Bonchev–Trinajstić information content (AvgIpc) is 2.30. The average molecular weight is 262 g/mol. The first-order valence-corrected chi connectivity index (χ1v) is 6.86. The molecule has 0 heterocycles. The van der Waals surface area contributed by atoms with Crippen molar-refractivity contribution in [3.63, 3.8) is 0 Å². The van der Waals surface area contributed by atoms with Crippen LogP contribution in [0.4, 0.5) is 5.69 Å². The molecule has 0 radical (unpaired) electrons. The summed E-state index contributed by atoms with van der Waals surface area (Å²) in [6.07, 6.45) is 0.440. The summed E-state index contributed by atoms with van der Waals surface area (Å²) in [6, 6.07) is 6.13. The second kappa shape index (κ2) is 6.20. The lowest BCUT2D eigenvalue weighted by atomic mass is 9.89. The van der Waals surface area contributed by atoms with Crippen molar-refractivity contribution in [1.82, 2.24) is 0 Å². The molecule has 106 valence electrons. The third-order valence-corrected chi connectivity index (χ3v) is 3.38. The number of carbonyl (C=O) groups excluding carboxylic acids is 1. The summed E-state index contributed by atoms with van der Waals surface area (Å²) in [5.74, 6) is 0.421. The van der Waals surface area contributed by atoms with Gasteiger partial charge >= 0.3 is 0 Å². The molecular weight excluding hydrogens is 236 g/mol. The maximum Gasteiger partial charge on any atom is 0.224 e. The summed E-state index contributed by atoms with van der Waals surface area (Å²) in [4.78, 5) is 12.1. The van der Waals surface area contributed by atoms with Crippen LogP contribution in [0.3, 0.4) is 0 Å². The van der Waals surface area contributed by atoms with Crippen molar-refractivity contribution in [2.45, 2.75) is 47.0 Å². The highest BCUT2D eigenvalue weighted by atomic mass is 16.1. The van der Waals surface area contributed by atoms with E-state index in [2.05, 4.69) is 25.2 Å². The summed E-state index contributed by atoms with van der Waals surface area (Å²) in [6.45, 7) is 10.8. The van der Waals surface area contributed by atoms with Crippen LogP contribution in [0.25, 0.3) is 0 Å². The molecule has 3 heteroatoms. The molecule has 0 aliphatic rings. The van der Waals surface area contributed by atoms with Gasteiger partial charge < -0.3 is 11.1 Å². The maximum absolute atomic E-state index is 12.1. The van der Waals surface area contributed by atoms with Gasteiger partial charge in [0.15, 0.2) is 0 Å². The zero-order valence-corrected chi connectivity index (χ0v) is 12.7. The molecule has 1 amide bonds. The first-order valence-electron chi connectivity index (χ1n) is 6.86. The number of benzene rings is 1. The number of hydrogen-bond donors (Lipinski definition) is 2. The lowest BCUT2D eigenvalue weighted by Crippen LogP contribution is -2.29. The molecule has 0 aliphatic heterocycles. The van der Waals surface area contributed by atoms with E-state index in [0.29, 0.717) is 18.9 Å². The molecule has 0 atom stereocenters. The fraction of sp³-hybridized carbons (Fsp3) is 0.562. The standard InChI is InChI=1S/C16H26N2O/c1-11(2)13-8-6-7-12(3)15(13)18-14(19)9-16(4,5)10-17/h6-8,11H,9-10,17H2,1-5H3,(H,18,19). The highest BCUT2D eigenvalue weighted by Crippen LogP contribution is 2.28. The fourth-order valence-electron chi connectivity index (χ4n) is 2.03. The van der Waals surface area contributed by atoms with Gasteiger partial charge in [-0.2, -0.15) is 0 Å². The first kappa shape index (κ1) is 15.7. The molecule has 0 aromatic heterocycles. The predicted molar refractivity (Wildman–Crippen MR) is 81.4 cm³/mol. The summed E-state index contributed by atoms with van der Waals surface area (Å²) >= 11 is 0. The second-order valence-electron chi connectivity index (χ2n) is 6.29. The molecule has 0 fully saturated rings. The zero-order valence-electron chi connectivity index (χ0n) is 12.7. The third-order valence-electron chi connectivity index (χ3n) is 3.38. The number of para-hydroxylation sites is 1. The van der Waals surface area contributed by atoms with Crippen LogP contribution < -0.4 is 11.1 Å². The number of nitrogens with one attached hydrogen (secondary N) is 1. The van der Waals surface area contributed by atoms with Gasteiger partial charge in [0.2, 0.25) is 5.91 Å². The fourth-order valence-corrected chi connectivity index (χ4v) is 2.03. The Labute approximate surface area is 116 Å². The lowest BCUT2D eigenvalue weighted by molar-refractivity contribution is -0.117. The van der Waals surface area contributed by atoms with Crippen molar-refractivity contribution in [1.29, 1.82) is 0 Å². The Hall–Kier alpha value is -1.35. The number of aryl methyl sites for hydroxylation is 1. The molecule has 0 spiro atoms. The molecule has 1 rings (SSSR count). The maximum atomic E-state index is 12.1. The lowest BCUT2D eigenvalue weighted by Gasteiger charge is -2.23. The Morgan fingerprint density at radius 2 is 2.00 bits per heavy atom. The topological polar surface area (TPSA) is 55.1 Å². The SMILES string of the molecule is Cc1cccc(C(C)C)c1NC(=O)CC(C)(C)CN. The van der Waals surface area contributed by atoms with Crippen LogP contribution in [0.1, 0.15) is 51.2 Å². The highest BCUT2D eigenvalue weighted by Gasteiger charge is 2.21. The van der Waals surface area contributed by atoms with Crippen molar-refractivity contribution < 1.29 is 4.79 Å². The molecule has 1 aromatic rings. The van der Waals surface area contributed by atoms with E-state index < -0.39 is 0 Å². The van der Waals surface area contributed by atoms with E-state index in [4.69, 9.17) is 5.73 Å². The molecule has 0 aliphatic carbocycles. The van der Waals surface area contributed by atoms with E-state index in [9.17, 15) is 4.79 Å². The second-order valence-corrected chi connectivity index (χ2v) is 6.29. The van der Waals surface area contributed by atoms with Gasteiger partial charge in [0.25, 0.3) is 0 Å². The molecule has 0 saturated heterocycles. The third kappa shape index (κ3) is 4.35. The molecule has 0 bridgehead atoms. The number of carbonyl (C=O) groups is 1. The largest absolute Gasteiger partial charge is 0.330 e. The molecule has 19 heavy (non-hydrogen) atoms. The normalized spacial score (nSPS) is 11.7. The summed E-state index contributed by atoms with van der Waals surface area (Å²) < 4.78 is 0. The van der Waals surface area contributed by atoms with E-state index in [1.54, 1.807) is 0 Å². The molecule has 3 nitrogen and oxygen atoms in total. The quantitative estimate of drug-likeness (QED) is 0.854. The van der Waals surface area contributed by atoms with E-state index in [-0.39, 0.29) is 11.3 Å².